The van der Waals surface area contributed by atoms with E-state index in [1.54, 1.807) is 6.08 Å². The van der Waals surface area contributed by atoms with Crippen LogP contribution in [-0.4, -0.2) is 47.4 Å². The number of rotatable bonds is 64. The molecule has 0 saturated carbocycles. The Hall–Kier alpha value is -2.18. The fraction of sp³-hybridized carbons (Fsp3) is 0.859. The van der Waals surface area contributed by atoms with Gasteiger partial charge in [0.15, 0.2) is 0 Å². The summed E-state index contributed by atoms with van der Waals surface area (Å²) in [7, 11) is 0. The molecule has 3 N–H and O–H groups in total. The standard InChI is InChI=1S/C71H133NO5/c1-3-5-7-9-11-13-15-40-45-49-53-57-61-65-71(76)77-66-62-58-54-50-46-42-39-37-35-33-31-29-27-25-23-21-19-17-18-20-22-24-26-28-30-32-34-36-38-41-44-48-52-56-60-64-70(75)72-68(67-73)69(74)63-59-55-51-47-43-16-14-12-10-8-6-4-2/h7,9,13,15,19,21,59,63,68-69,73-74H,3-6,8,10-12,14,16-18,20,22-58,60-62,64-67H2,1-2H3,(H,72,75)/b9-7-,15-13-,21-19-,63-59+. The van der Waals surface area contributed by atoms with Crippen LogP contribution in [0.2, 0.25) is 0 Å². The minimum Gasteiger partial charge on any atom is -0.466 e. The highest BCUT2D eigenvalue weighted by atomic mass is 16.5. The molecule has 0 radical (unpaired) electrons. The number of allylic oxidation sites excluding steroid dienone is 7. The Bertz CT molecular complexity index is 1290. The first-order valence-corrected chi connectivity index (χ1v) is 34.4. The molecule has 2 atom stereocenters. The van der Waals surface area contributed by atoms with Gasteiger partial charge in [-0.15, -0.1) is 0 Å². The van der Waals surface area contributed by atoms with E-state index in [2.05, 4.69) is 55.6 Å². The van der Waals surface area contributed by atoms with Gasteiger partial charge in [0.25, 0.3) is 0 Å². The maximum absolute atomic E-state index is 12.5. The Morgan fingerprint density at radius 2 is 0.675 bits per heavy atom. The van der Waals surface area contributed by atoms with Crippen molar-refractivity contribution >= 4 is 11.9 Å². The molecule has 77 heavy (non-hydrogen) atoms. The summed E-state index contributed by atoms with van der Waals surface area (Å²) in [5, 5.41) is 23.1. The Kier molecular flexibility index (Phi) is 64.5. The number of ether oxygens (including phenoxy) is 1. The van der Waals surface area contributed by atoms with E-state index < -0.39 is 12.1 Å². The molecule has 0 rings (SSSR count). The van der Waals surface area contributed by atoms with Gasteiger partial charge in [-0.05, 0) is 83.5 Å². The molecule has 0 bridgehead atoms. The van der Waals surface area contributed by atoms with Gasteiger partial charge in [0, 0.05) is 12.8 Å². The fourth-order valence-corrected chi connectivity index (χ4v) is 10.6. The molecule has 1 amide bonds. The van der Waals surface area contributed by atoms with E-state index in [0.29, 0.717) is 19.4 Å². The van der Waals surface area contributed by atoms with Crippen molar-refractivity contribution in [2.24, 2.45) is 0 Å². The van der Waals surface area contributed by atoms with Crippen molar-refractivity contribution in [1.82, 2.24) is 5.32 Å². The lowest BCUT2D eigenvalue weighted by Gasteiger charge is -2.20. The molecule has 0 aliphatic rings. The first-order valence-electron chi connectivity index (χ1n) is 34.4. The van der Waals surface area contributed by atoms with E-state index in [0.717, 1.165) is 51.4 Å². The average Bonchev–Trinajstić information content (AvgIpc) is 3.43. The topological polar surface area (TPSA) is 95.9 Å². The smallest absolute Gasteiger partial charge is 0.305 e. The Morgan fingerprint density at radius 1 is 0.364 bits per heavy atom. The van der Waals surface area contributed by atoms with Crippen LogP contribution in [0.4, 0.5) is 0 Å². The van der Waals surface area contributed by atoms with Crippen LogP contribution in [-0.2, 0) is 14.3 Å². The normalized spacial score (nSPS) is 12.8. The molecule has 452 valence electrons. The van der Waals surface area contributed by atoms with Crippen LogP contribution in [0.1, 0.15) is 367 Å². The zero-order chi connectivity index (χ0) is 55.7. The molecular weight excluding hydrogens is 947 g/mol. The predicted molar refractivity (Wildman–Crippen MR) is 338 cm³/mol. The molecule has 0 heterocycles. The number of hydrogen-bond acceptors (Lipinski definition) is 5. The van der Waals surface area contributed by atoms with E-state index >= 15 is 0 Å². The monoisotopic (exact) mass is 1080 g/mol. The lowest BCUT2D eigenvalue weighted by Crippen LogP contribution is -2.45. The zero-order valence-electron chi connectivity index (χ0n) is 51.7. The molecule has 0 aliphatic carbocycles. The van der Waals surface area contributed by atoms with Crippen molar-refractivity contribution in [2.45, 2.75) is 379 Å². The van der Waals surface area contributed by atoms with Crippen molar-refractivity contribution in [3.05, 3.63) is 48.6 Å². The lowest BCUT2D eigenvalue weighted by atomic mass is 10.0. The first-order chi connectivity index (χ1) is 38.0. The number of esters is 1. The fourth-order valence-electron chi connectivity index (χ4n) is 10.6. The van der Waals surface area contributed by atoms with E-state index in [1.807, 2.05) is 6.08 Å². The van der Waals surface area contributed by atoms with Crippen molar-refractivity contribution in [1.29, 1.82) is 0 Å². The predicted octanol–water partition coefficient (Wildman–Crippen LogP) is 22.1. The van der Waals surface area contributed by atoms with Gasteiger partial charge in [0.2, 0.25) is 5.91 Å². The highest BCUT2D eigenvalue weighted by Gasteiger charge is 2.18. The van der Waals surface area contributed by atoms with Gasteiger partial charge in [0.05, 0.1) is 25.4 Å². The second kappa shape index (κ2) is 66.3. The van der Waals surface area contributed by atoms with Crippen molar-refractivity contribution in [3.63, 3.8) is 0 Å². The molecule has 0 aliphatic heterocycles. The molecule has 6 heteroatoms. The van der Waals surface area contributed by atoms with Gasteiger partial charge in [0.1, 0.15) is 0 Å². The molecular formula is C71H133NO5. The molecule has 6 nitrogen and oxygen atoms in total. The minimum absolute atomic E-state index is 0.00439. The van der Waals surface area contributed by atoms with Gasteiger partial charge >= 0.3 is 5.97 Å². The molecule has 0 spiro atoms. The number of unbranched alkanes of at least 4 members (excludes halogenated alkanes) is 47. The third-order valence-corrected chi connectivity index (χ3v) is 15.8. The summed E-state index contributed by atoms with van der Waals surface area (Å²) >= 11 is 0. The Balaban J connectivity index is 3.34. The van der Waals surface area contributed by atoms with Crippen LogP contribution in [0.5, 0.6) is 0 Å². The van der Waals surface area contributed by atoms with Crippen molar-refractivity contribution in [2.75, 3.05) is 13.2 Å². The summed E-state index contributed by atoms with van der Waals surface area (Å²) in [6, 6.07) is -0.624. The second-order valence-electron chi connectivity index (χ2n) is 23.5. The van der Waals surface area contributed by atoms with Crippen LogP contribution in [0.15, 0.2) is 48.6 Å². The summed E-state index contributed by atoms with van der Waals surface area (Å²) in [6.45, 7) is 4.84. The number of aliphatic hydroxyl groups excluding tert-OH is 2. The van der Waals surface area contributed by atoms with E-state index in [4.69, 9.17) is 4.74 Å². The minimum atomic E-state index is -0.841. The van der Waals surface area contributed by atoms with Gasteiger partial charge in [-0.1, -0.05) is 319 Å². The number of amides is 1. The van der Waals surface area contributed by atoms with E-state index in [1.165, 1.54) is 289 Å². The summed E-state index contributed by atoms with van der Waals surface area (Å²) in [6.07, 6.45) is 86.3. The molecule has 0 saturated heterocycles. The Morgan fingerprint density at radius 3 is 1.05 bits per heavy atom. The molecule has 0 aromatic rings. The second-order valence-corrected chi connectivity index (χ2v) is 23.5. The maximum Gasteiger partial charge on any atom is 0.305 e. The molecule has 0 aromatic carbocycles. The van der Waals surface area contributed by atoms with Gasteiger partial charge in [-0.3, -0.25) is 9.59 Å². The van der Waals surface area contributed by atoms with Crippen molar-refractivity contribution in [3.8, 4) is 0 Å². The summed E-state index contributed by atoms with van der Waals surface area (Å²) < 4.78 is 5.48. The zero-order valence-corrected chi connectivity index (χ0v) is 51.7. The highest BCUT2D eigenvalue weighted by Crippen LogP contribution is 2.18. The lowest BCUT2D eigenvalue weighted by molar-refractivity contribution is -0.143. The first kappa shape index (κ1) is 74.8. The number of hydrogen-bond donors (Lipinski definition) is 3. The highest BCUT2D eigenvalue weighted by molar-refractivity contribution is 5.76. The molecule has 0 fully saturated rings. The quantitative estimate of drug-likeness (QED) is 0.0320. The number of nitrogens with one attached hydrogen (secondary N) is 1. The van der Waals surface area contributed by atoms with Crippen LogP contribution in [0.25, 0.3) is 0 Å². The van der Waals surface area contributed by atoms with Gasteiger partial charge in [-0.2, -0.15) is 0 Å². The SMILES string of the molecule is CCC/C=C\C/C=C\CCCCCCCC(=O)OCCCCCCCCCCCCCCCC/C=C\CCCCCCCCCCCCCCCCCCCC(=O)NC(CO)C(O)/C=C/CCCCCCCCCCCC. The van der Waals surface area contributed by atoms with Crippen LogP contribution >= 0.6 is 0 Å². The largest absolute Gasteiger partial charge is 0.466 e. The van der Waals surface area contributed by atoms with Crippen LogP contribution < -0.4 is 5.32 Å². The summed E-state index contributed by atoms with van der Waals surface area (Å²) in [4.78, 5) is 24.5. The Labute approximate surface area is 480 Å². The van der Waals surface area contributed by atoms with E-state index in [-0.39, 0.29) is 18.5 Å². The van der Waals surface area contributed by atoms with Gasteiger partial charge < -0.3 is 20.3 Å². The number of aliphatic hydroxyl groups is 2. The van der Waals surface area contributed by atoms with Crippen molar-refractivity contribution < 1.29 is 24.5 Å². The third kappa shape index (κ3) is 62.9. The number of carbonyl (C=O) groups excluding carboxylic acids is 2. The summed E-state index contributed by atoms with van der Waals surface area (Å²) in [5.74, 6) is -0.0598. The number of carbonyl (C=O) groups is 2. The molecule has 0 aromatic heterocycles. The average molecular weight is 1080 g/mol. The summed E-state index contributed by atoms with van der Waals surface area (Å²) in [5.41, 5.74) is 0. The van der Waals surface area contributed by atoms with Gasteiger partial charge in [-0.25, -0.2) is 0 Å². The third-order valence-electron chi connectivity index (χ3n) is 15.8. The molecule has 2 unspecified atom stereocenters. The van der Waals surface area contributed by atoms with Crippen LogP contribution in [0, 0.1) is 0 Å². The van der Waals surface area contributed by atoms with Crippen LogP contribution in [0.3, 0.4) is 0 Å². The maximum atomic E-state index is 12.5. The van der Waals surface area contributed by atoms with E-state index in [9.17, 15) is 19.8 Å².